The third-order valence-corrected chi connectivity index (χ3v) is 2.85. The maximum Gasteiger partial charge on any atom is 0.119 e. The maximum atomic E-state index is 5.52. The second kappa shape index (κ2) is 5.69. The highest BCUT2D eigenvalue weighted by Gasteiger charge is 2.11. The minimum Gasteiger partial charge on any atom is -0.494 e. The van der Waals surface area contributed by atoms with E-state index in [1.807, 2.05) is 39.1 Å². The van der Waals surface area contributed by atoms with Crippen molar-refractivity contribution in [3.8, 4) is 17.0 Å². The van der Waals surface area contributed by atoms with Gasteiger partial charge in [0.1, 0.15) is 5.75 Å². The summed E-state index contributed by atoms with van der Waals surface area (Å²) < 4.78 is 5.52. The van der Waals surface area contributed by atoms with Gasteiger partial charge in [-0.25, -0.2) is 0 Å². The summed E-state index contributed by atoms with van der Waals surface area (Å²) in [6.07, 6.45) is 0. The van der Waals surface area contributed by atoms with E-state index in [4.69, 9.17) is 4.74 Å². The van der Waals surface area contributed by atoms with Gasteiger partial charge < -0.3 is 10.1 Å². The van der Waals surface area contributed by atoms with Crippen molar-refractivity contribution in [1.29, 1.82) is 0 Å². The Hall–Kier alpha value is -1.81. The molecule has 0 saturated heterocycles. The number of H-pyrrole nitrogens is 1. The van der Waals surface area contributed by atoms with Gasteiger partial charge in [0, 0.05) is 23.4 Å². The largest absolute Gasteiger partial charge is 0.494 e. The predicted octanol–water partition coefficient (Wildman–Crippen LogP) is 2.50. The van der Waals surface area contributed by atoms with Gasteiger partial charge in [0.2, 0.25) is 0 Å². The Balaban J connectivity index is 2.38. The third-order valence-electron chi connectivity index (χ3n) is 2.85. The van der Waals surface area contributed by atoms with E-state index in [2.05, 4.69) is 21.6 Å². The van der Waals surface area contributed by atoms with Crippen LogP contribution in [0.15, 0.2) is 24.3 Å². The summed E-state index contributed by atoms with van der Waals surface area (Å²) in [6.45, 7) is 5.50. The molecule has 0 saturated carbocycles. The number of hydrogen-bond donors (Lipinski definition) is 2. The molecule has 18 heavy (non-hydrogen) atoms. The van der Waals surface area contributed by atoms with Crippen molar-refractivity contribution in [2.24, 2.45) is 0 Å². The highest BCUT2D eigenvalue weighted by atomic mass is 16.5. The Bertz CT molecular complexity index is 520. The average Bonchev–Trinajstić information content (AvgIpc) is 2.73. The van der Waals surface area contributed by atoms with Crippen LogP contribution in [-0.4, -0.2) is 23.9 Å². The second-order valence-corrected chi connectivity index (χ2v) is 4.17. The highest BCUT2D eigenvalue weighted by Crippen LogP contribution is 2.26. The lowest BCUT2D eigenvalue weighted by Crippen LogP contribution is -2.06. The van der Waals surface area contributed by atoms with Crippen LogP contribution in [0.3, 0.4) is 0 Å². The molecule has 2 rings (SSSR count). The number of aromatic nitrogens is 2. The molecule has 0 atom stereocenters. The number of rotatable bonds is 5. The van der Waals surface area contributed by atoms with Crippen LogP contribution in [-0.2, 0) is 6.54 Å². The second-order valence-electron chi connectivity index (χ2n) is 4.17. The van der Waals surface area contributed by atoms with Gasteiger partial charge in [-0.2, -0.15) is 5.10 Å². The lowest BCUT2D eigenvalue weighted by molar-refractivity contribution is 0.340. The first-order chi connectivity index (χ1) is 8.76. The smallest absolute Gasteiger partial charge is 0.119 e. The summed E-state index contributed by atoms with van der Waals surface area (Å²) in [4.78, 5) is 0. The summed E-state index contributed by atoms with van der Waals surface area (Å²) in [5.74, 6) is 0.881. The maximum absolute atomic E-state index is 5.52. The molecule has 0 fully saturated rings. The van der Waals surface area contributed by atoms with Gasteiger partial charge in [-0.05, 0) is 33.0 Å². The molecule has 0 aliphatic rings. The Labute approximate surface area is 107 Å². The molecule has 1 heterocycles. The van der Waals surface area contributed by atoms with Crippen LogP contribution in [0, 0.1) is 6.92 Å². The molecule has 0 spiro atoms. The van der Waals surface area contributed by atoms with Gasteiger partial charge in [0.25, 0.3) is 0 Å². The number of benzene rings is 1. The Morgan fingerprint density at radius 1 is 1.39 bits per heavy atom. The molecule has 1 aromatic carbocycles. The van der Waals surface area contributed by atoms with Crippen LogP contribution >= 0.6 is 0 Å². The van der Waals surface area contributed by atoms with Gasteiger partial charge >= 0.3 is 0 Å². The molecule has 0 aliphatic heterocycles. The molecule has 1 aromatic heterocycles. The van der Waals surface area contributed by atoms with Gasteiger partial charge in [-0.1, -0.05) is 12.1 Å². The normalized spacial score (nSPS) is 10.6. The van der Waals surface area contributed by atoms with Crippen LogP contribution in [0.1, 0.15) is 18.2 Å². The molecule has 4 heteroatoms. The molecule has 0 amide bonds. The zero-order valence-electron chi connectivity index (χ0n) is 11.1. The fourth-order valence-corrected chi connectivity index (χ4v) is 1.98. The zero-order chi connectivity index (χ0) is 13.0. The van der Waals surface area contributed by atoms with Crippen molar-refractivity contribution in [2.45, 2.75) is 20.4 Å². The molecule has 96 valence electrons. The monoisotopic (exact) mass is 245 g/mol. The minimum atomic E-state index is 0.673. The summed E-state index contributed by atoms with van der Waals surface area (Å²) in [5, 5.41) is 10.6. The fourth-order valence-electron chi connectivity index (χ4n) is 1.98. The summed E-state index contributed by atoms with van der Waals surface area (Å²) in [7, 11) is 1.94. The molecule has 2 aromatic rings. The van der Waals surface area contributed by atoms with Gasteiger partial charge in [0.15, 0.2) is 0 Å². The molecular weight excluding hydrogens is 226 g/mol. The van der Waals surface area contributed by atoms with Crippen molar-refractivity contribution < 1.29 is 4.74 Å². The summed E-state index contributed by atoms with van der Waals surface area (Å²) >= 11 is 0. The first-order valence-corrected chi connectivity index (χ1v) is 6.18. The van der Waals surface area contributed by atoms with Gasteiger partial charge in [-0.3, -0.25) is 5.10 Å². The van der Waals surface area contributed by atoms with E-state index in [-0.39, 0.29) is 0 Å². The molecule has 0 aliphatic carbocycles. The minimum absolute atomic E-state index is 0.673. The quantitative estimate of drug-likeness (QED) is 0.851. The van der Waals surface area contributed by atoms with E-state index in [1.165, 1.54) is 5.56 Å². The first kappa shape index (κ1) is 12.6. The number of ether oxygens (including phenoxy) is 1. The Morgan fingerprint density at radius 3 is 2.94 bits per heavy atom. The van der Waals surface area contributed by atoms with Crippen molar-refractivity contribution in [2.75, 3.05) is 13.7 Å². The third kappa shape index (κ3) is 2.54. The van der Waals surface area contributed by atoms with Crippen molar-refractivity contribution in [1.82, 2.24) is 15.5 Å². The molecule has 2 N–H and O–H groups in total. The highest BCUT2D eigenvalue weighted by molar-refractivity contribution is 5.65. The number of aromatic amines is 1. The standard InChI is InChI=1S/C14H19N3O/c1-4-18-12-7-5-6-11(8-12)14-13(9-15-3)10(2)16-17-14/h5-8,15H,4,9H2,1-3H3,(H,16,17). The Morgan fingerprint density at radius 2 is 2.22 bits per heavy atom. The van der Waals surface area contributed by atoms with Gasteiger partial charge in [-0.15, -0.1) is 0 Å². The fraction of sp³-hybridized carbons (Fsp3) is 0.357. The molecule has 0 radical (unpaired) electrons. The number of nitrogens with one attached hydrogen (secondary N) is 2. The number of hydrogen-bond acceptors (Lipinski definition) is 3. The van der Waals surface area contributed by atoms with Crippen LogP contribution in [0.5, 0.6) is 5.75 Å². The van der Waals surface area contributed by atoms with Crippen molar-refractivity contribution in [3.63, 3.8) is 0 Å². The first-order valence-electron chi connectivity index (χ1n) is 6.18. The Kier molecular flexibility index (Phi) is 3.99. The van der Waals surface area contributed by atoms with Crippen molar-refractivity contribution >= 4 is 0 Å². The van der Waals surface area contributed by atoms with Gasteiger partial charge in [0.05, 0.1) is 12.3 Å². The average molecular weight is 245 g/mol. The molecule has 0 bridgehead atoms. The SMILES string of the molecule is CCOc1cccc(-c2n[nH]c(C)c2CNC)c1. The summed E-state index contributed by atoms with van der Waals surface area (Å²) in [6, 6.07) is 8.04. The van der Waals surface area contributed by atoms with E-state index >= 15 is 0 Å². The molecular formula is C14H19N3O. The van der Waals surface area contributed by atoms with Crippen LogP contribution < -0.4 is 10.1 Å². The molecule has 4 nitrogen and oxygen atoms in total. The molecule has 0 unspecified atom stereocenters. The summed E-state index contributed by atoms with van der Waals surface area (Å²) in [5.41, 5.74) is 4.37. The van der Waals surface area contributed by atoms with E-state index < -0.39 is 0 Å². The number of nitrogens with zero attached hydrogens (tertiary/aromatic N) is 1. The van der Waals surface area contributed by atoms with E-state index in [0.717, 1.165) is 29.2 Å². The number of aryl methyl sites for hydroxylation is 1. The topological polar surface area (TPSA) is 49.9 Å². The van der Waals surface area contributed by atoms with E-state index in [1.54, 1.807) is 0 Å². The lowest BCUT2D eigenvalue weighted by Gasteiger charge is -2.06. The van der Waals surface area contributed by atoms with Crippen molar-refractivity contribution in [3.05, 3.63) is 35.5 Å². The van der Waals surface area contributed by atoms with Crippen LogP contribution in [0.2, 0.25) is 0 Å². The van der Waals surface area contributed by atoms with Crippen LogP contribution in [0.4, 0.5) is 0 Å². The lowest BCUT2D eigenvalue weighted by atomic mass is 10.1. The predicted molar refractivity (Wildman–Crippen MR) is 72.7 cm³/mol. The zero-order valence-corrected chi connectivity index (χ0v) is 11.1. The van der Waals surface area contributed by atoms with E-state index in [0.29, 0.717) is 6.61 Å². The van der Waals surface area contributed by atoms with Crippen LogP contribution in [0.25, 0.3) is 11.3 Å². The van der Waals surface area contributed by atoms with E-state index in [9.17, 15) is 0 Å².